The molecule has 0 fully saturated rings. The molecule has 2 rings (SSSR count). The van der Waals surface area contributed by atoms with Gasteiger partial charge in [0, 0.05) is 0 Å². The summed E-state index contributed by atoms with van der Waals surface area (Å²) in [6, 6.07) is 7.13. The Balaban J connectivity index is 2.61. The molecule has 0 aliphatic heterocycles. The highest BCUT2D eigenvalue weighted by Crippen LogP contribution is 2.16. The lowest BCUT2D eigenvalue weighted by Gasteiger charge is -2.05. The summed E-state index contributed by atoms with van der Waals surface area (Å²) < 4.78 is 32.3. The van der Waals surface area contributed by atoms with Crippen LogP contribution in [-0.4, -0.2) is 29.0 Å². The molecule has 0 atom stereocenters. The van der Waals surface area contributed by atoms with E-state index in [1.165, 1.54) is 22.9 Å². The largest absolute Gasteiger partial charge is 0.296 e. The molecule has 0 saturated carbocycles. The molecule has 1 N–H and O–H groups in total. The number of benzene rings is 1. The normalized spacial score (nSPS) is 11.4. The van der Waals surface area contributed by atoms with E-state index in [1.54, 1.807) is 19.1 Å². The molecule has 0 bridgehead atoms. The summed E-state index contributed by atoms with van der Waals surface area (Å²) in [7, 11) is -4.28. The van der Waals surface area contributed by atoms with Crippen molar-refractivity contribution in [1.82, 2.24) is 9.78 Å². The zero-order chi connectivity index (χ0) is 13.3. The molecular weight excluding hydrogens is 256 g/mol. The molecule has 0 spiro atoms. The van der Waals surface area contributed by atoms with Crippen LogP contribution in [0.3, 0.4) is 0 Å². The van der Waals surface area contributed by atoms with Crippen LogP contribution in [0.5, 0.6) is 0 Å². The van der Waals surface area contributed by atoms with Crippen LogP contribution >= 0.6 is 0 Å². The van der Waals surface area contributed by atoms with Crippen molar-refractivity contribution >= 4 is 16.4 Å². The number of nitrogens with zero attached hydrogens (tertiary/aromatic N) is 2. The molecule has 1 heterocycles. The molecule has 1 aromatic carbocycles. The predicted molar refractivity (Wildman–Crippen MR) is 63.5 cm³/mol. The zero-order valence-electron chi connectivity index (χ0n) is 9.44. The number of rotatable bonds is 3. The minimum absolute atomic E-state index is 0.245. The lowest BCUT2D eigenvalue weighted by molar-refractivity contribution is 0.111. The molecule has 0 aliphatic carbocycles. The van der Waals surface area contributed by atoms with Crippen molar-refractivity contribution in [3.63, 3.8) is 0 Å². The fraction of sp³-hybridized carbons (Fsp3) is 0.0909. The van der Waals surface area contributed by atoms with Gasteiger partial charge < -0.3 is 0 Å². The van der Waals surface area contributed by atoms with E-state index in [0.29, 0.717) is 23.4 Å². The van der Waals surface area contributed by atoms with Gasteiger partial charge in [0.2, 0.25) is 0 Å². The monoisotopic (exact) mass is 266 g/mol. The molecule has 0 unspecified atom stereocenters. The van der Waals surface area contributed by atoms with Gasteiger partial charge in [-0.2, -0.15) is 13.5 Å². The van der Waals surface area contributed by atoms with E-state index >= 15 is 0 Å². The van der Waals surface area contributed by atoms with Gasteiger partial charge in [-0.1, -0.05) is 6.07 Å². The Hall–Kier alpha value is -1.99. The van der Waals surface area contributed by atoms with Crippen LogP contribution in [0.1, 0.15) is 16.2 Å². The van der Waals surface area contributed by atoms with Crippen molar-refractivity contribution < 1.29 is 17.8 Å². The van der Waals surface area contributed by atoms with Gasteiger partial charge in [-0.25, -0.2) is 4.68 Å². The molecule has 0 saturated heterocycles. The summed E-state index contributed by atoms with van der Waals surface area (Å²) in [6.07, 6.45) is 0.625. The lowest BCUT2D eigenvalue weighted by Crippen LogP contribution is -2.04. The smallest absolute Gasteiger partial charge is 0.294 e. The number of aryl methyl sites for hydroxylation is 1. The second-order valence-electron chi connectivity index (χ2n) is 3.71. The van der Waals surface area contributed by atoms with Gasteiger partial charge in [0.25, 0.3) is 10.1 Å². The number of aromatic nitrogens is 2. The van der Waals surface area contributed by atoms with Crippen molar-refractivity contribution in [1.29, 1.82) is 0 Å². The van der Waals surface area contributed by atoms with Crippen LogP contribution in [0.4, 0.5) is 0 Å². The Bertz CT molecular complexity index is 704. The Morgan fingerprint density at radius 1 is 1.33 bits per heavy atom. The van der Waals surface area contributed by atoms with Crippen molar-refractivity contribution in [2.75, 3.05) is 0 Å². The molecule has 7 heteroatoms. The van der Waals surface area contributed by atoms with Crippen molar-refractivity contribution in [2.45, 2.75) is 11.8 Å². The molecule has 0 radical (unpaired) electrons. The summed E-state index contributed by atoms with van der Waals surface area (Å²) in [5.41, 5.74) is 1.33. The fourth-order valence-corrected chi connectivity index (χ4v) is 2.11. The Morgan fingerprint density at radius 2 is 2.06 bits per heavy atom. The maximum Gasteiger partial charge on any atom is 0.294 e. The minimum atomic E-state index is -4.28. The third kappa shape index (κ3) is 2.31. The molecular formula is C11H10N2O4S. The van der Waals surface area contributed by atoms with E-state index < -0.39 is 10.1 Å². The Morgan fingerprint density at radius 3 is 2.67 bits per heavy atom. The van der Waals surface area contributed by atoms with Crippen LogP contribution in [-0.2, 0) is 10.1 Å². The van der Waals surface area contributed by atoms with Crippen molar-refractivity contribution in [2.24, 2.45) is 0 Å². The zero-order valence-corrected chi connectivity index (χ0v) is 10.3. The molecule has 1 aromatic heterocycles. The molecule has 6 nitrogen and oxygen atoms in total. The minimum Gasteiger partial charge on any atom is -0.296 e. The molecule has 94 valence electrons. The third-order valence-corrected chi connectivity index (χ3v) is 3.19. The standard InChI is InChI=1S/C11H10N2O4S/c1-8-5-10(7-14)13(12-8)9-3-2-4-11(6-9)18(15,16)17/h2-7H,1H3,(H,15,16,17). The predicted octanol–water partition coefficient (Wildman–Crippen LogP) is 1.24. The SMILES string of the molecule is Cc1cc(C=O)n(-c2cccc(S(=O)(=O)O)c2)n1. The van der Waals surface area contributed by atoms with Crippen molar-refractivity contribution in [3.05, 3.63) is 41.7 Å². The third-order valence-electron chi connectivity index (χ3n) is 2.34. The molecule has 0 aliphatic rings. The highest BCUT2D eigenvalue weighted by molar-refractivity contribution is 7.85. The van der Waals surface area contributed by atoms with Gasteiger partial charge in [-0.05, 0) is 31.2 Å². The second kappa shape index (κ2) is 4.35. The van der Waals surface area contributed by atoms with Crippen LogP contribution in [0, 0.1) is 6.92 Å². The summed E-state index contributed by atoms with van der Waals surface area (Å²) in [4.78, 5) is 10.6. The number of hydrogen-bond acceptors (Lipinski definition) is 4. The summed E-state index contributed by atoms with van der Waals surface area (Å²) in [5.74, 6) is 0. The second-order valence-corrected chi connectivity index (χ2v) is 5.13. The number of hydrogen-bond donors (Lipinski definition) is 1. The van der Waals surface area contributed by atoms with E-state index in [4.69, 9.17) is 4.55 Å². The summed E-state index contributed by atoms with van der Waals surface area (Å²) in [5, 5.41) is 4.08. The number of carbonyl (C=O) groups is 1. The van der Waals surface area contributed by atoms with Gasteiger partial charge in [-0.3, -0.25) is 9.35 Å². The summed E-state index contributed by atoms with van der Waals surface area (Å²) in [6.45, 7) is 1.72. The van der Waals surface area contributed by atoms with E-state index in [9.17, 15) is 13.2 Å². The topological polar surface area (TPSA) is 89.3 Å². The first-order valence-corrected chi connectivity index (χ1v) is 6.45. The first-order chi connectivity index (χ1) is 8.41. The summed E-state index contributed by atoms with van der Waals surface area (Å²) >= 11 is 0. The average Bonchev–Trinajstić information content (AvgIpc) is 2.69. The number of carbonyl (C=O) groups excluding carboxylic acids is 1. The maximum absolute atomic E-state index is 11.0. The maximum atomic E-state index is 11.0. The van der Waals surface area contributed by atoms with Gasteiger partial charge in [0.15, 0.2) is 6.29 Å². The van der Waals surface area contributed by atoms with E-state index in [2.05, 4.69) is 5.10 Å². The van der Waals surface area contributed by atoms with Crippen molar-refractivity contribution in [3.8, 4) is 5.69 Å². The van der Waals surface area contributed by atoms with E-state index in [-0.39, 0.29) is 4.90 Å². The molecule has 2 aromatic rings. The Labute approximate surface area is 104 Å². The number of aldehydes is 1. The lowest BCUT2D eigenvalue weighted by atomic mass is 10.3. The quantitative estimate of drug-likeness (QED) is 0.667. The molecule has 0 amide bonds. The van der Waals surface area contributed by atoms with Gasteiger partial charge in [-0.15, -0.1) is 0 Å². The highest BCUT2D eigenvalue weighted by atomic mass is 32.2. The van der Waals surface area contributed by atoms with E-state index in [0.717, 1.165) is 0 Å². The van der Waals surface area contributed by atoms with Crippen LogP contribution in [0.15, 0.2) is 35.2 Å². The Kier molecular flexibility index (Phi) is 3.02. The first-order valence-electron chi connectivity index (χ1n) is 5.01. The first kappa shape index (κ1) is 12.5. The van der Waals surface area contributed by atoms with Gasteiger partial charge in [0.1, 0.15) is 5.69 Å². The van der Waals surface area contributed by atoms with Crippen LogP contribution < -0.4 is 0 Å². The van der Waals surface area contributed by atoms with Crippen LogP contribution in [0.25, 0.3) is 5.69 Å². The highest BCUT2D eigenvalue weighted by Gasteiger charge is 2.12. The van der Waals surface area contributed by atoms with Crippen LogP contribution in [0.2, 0.25) is 0 Å². The van der Waals surface area contributed by atoms with E-state index in [1.807, 2.05) is 0 Å². The molecule has 18 heavy (non-hydrogen) atoms. The average molecular weight is 266 g/mol. The van der Waals surface area contributed by atoms with Gasteiger partial charge in [0.05, 0.1) is 16.3 Å². The fourth-order valence-electron chi connectivity index (χ4n) is 1.59. The van der Waals surface area contributed by atoms with Gasteiger partial charge >= 0.3 is 0 Å².